The molecule has 0 atom stereocenters. The molecule has 0 saturated carbocycles. The minimum atomic E-state index is 0.368. The van der Waals surface area contributed by atoms with Crippen molar-refractivity contribution in [1.82, 2.24) is 4.57 Å². The van der Waals surface area contributed by atoms with Gasteiger partial charge in [0, 0.05) is 22.8 Å². The Morgan fingerprint density at radius 1 is 1.19 bits per heavy atom. The van der Waals surface area contributed by atoms with Gasteiger partial charge in [-0.05, 0) is 37.6 Å². The molecule has 2 nitrogen and oxygen atoms in total. The van der Waals surface area contributed by atoms with Crippen LogP contribution in [0.15, 0.2) is 36.5 Å². The summed E-state index contributed by atoms with van der Waals surface area (Å²) in [5.74, 6) is 0.782. The number of nitrogen functional groups attached to an aromatic ring is 1. The van der Waals surface area contributed by atoms with Crippen LogP contribution in [0.4, 0.5) is 5.82 Å². The molecule has 2 N–H and O–H groups in total. The van der Waals surface area contributed by atoms with E-state index >= 15 is 0 Å². The summed E-state index contributed by atoms with van der Waals surface area (Å²) in [6, 6.07) is 10.1. The number of nitrogens with zero attached hydrogens (tertiary/aromatic N) is 1. The molecular weight excluding hydrogens is 220 g/mol. The van der Waals surface area contributed by atoms with Gasteiger partial charge < -0.3 is 10.3 Å². The molecule has 2 rings (SSSR count). The van der Waals surface area contributed by atoms with Crippen LogP contribution < -0.4 is 5.73 Å². The predicted octanol–water partition coefficient (Wildman–Crippen LogP) is 3.97. The quantitative estimate of drug-likeness (QED) is 0.838. The van der Waals surface area contributed by atoms with Crippen molar-refractivity contribution < 1.29 is 0 Å². The fourth-order valence-electron chi connectivity index (χ4n) is 1.77. The van der Waals surface area contributed by atoms with Crippen LogP contribution in [0.2, 0.25) is 5.02 Å². The number of anilines is 1. The molecule has 2 aromatic rings. The third kappa shape index (κ3) is 2.07. The Hall–Kier alpha value is -1.41. The molecule has 0 fully saturated rings. The SMILES string of the molecule is CC(C)n1cc(-c2cccc(Cl)c2)cc1N. The van der Waals surface area contributed by atoms with Gasteiger partial charge >= 0.3 is 0 Å². The number of hydrogen-bond donors (Lipinski definition) is 1. The van der Waals surface area contributed by atoms with Crippen LogP contribution in [0.25, 0.3) is 11.1 Å². The highest BCUT2D eigenvalue weighted by Crippen LogP contribution is 2.27. The molecule has 0 radical (unpaired) electrons. The van der Waals surface area contributed by atoms with Gasteiger partial charge in [0.25, 0.3) is 0 Å². The minimum Gasteiger partial charge on any atom is -0.385 e. The van der Waals surface area contributed by atoms with Crippen molar-refractivity contribution in [3.05, 3.63) is 41.6 Å². The monoisotopic (exact) mass is 234 g/mol. The molecular formula is C13H15ClN2. The molecule has 1 heterocycles. The zero-order valence-electron chi connectivity index (χ0n) is 9.44. The maximum atomic E-state index is 5.97. The lowest BCUT2D eigenvalue weighted by Crippen LogP contribution is -2.02. The zero-order valence-corrected chi connectivity index (χ0v) is 10.2. The predicted molar refractivity (Wildman–Crippen MR) is 69.7 cm³/mol. The van der Waals surface area contributed by atoms with E-state index in [1.54, 1.807) is 0 Å². The molecule has 0 aliphatic heterocycles. The molecule has 16 heavy (non-hydrogen) atoms. The molecule has 1 aromatic heterocycles. The summed E-state index contributed by atoms with van der Waals surface area (Å²) < 4.78 is 2.05. The number of hydrogen-bond acceptors (Lipinski definition) is 1. The van der Waals surface area contributed by atoms with Crippen molar-refractivity contribution in [1.29, 1.82) is 0 Å². The van der Waals surface area contributed by atoms with Gasteiger partial charge in [0.15, 0.2) is 0 Å². The first-order valence-electron chi connectivity index (χ1n) is 5.31. The summed E-state index contributed by atoms with van der Waals surface area (Å²) in [6.45, 7) is 4.22. The van der Waals surface area contributed by atoms with E-state index in [-0.39, 0.29) is 0 Å². The van der Waals surface area contributed by atoms with Crippen LogP contribution in [-0.2, 0) is 0 Å². The number of rotatable bonds is 2. The smallest absolute Gasteiger partial charge is 0.104 e. The summed E-state index contributed by atoms with van der Waals surface area (Å²) in [4.78, 5) is 0. The molecule has 3 heteroatoms. The maximum Gasteiger partial charge on any atom is 0.104 e. The standard InChI is InChI=1S/C13H15ClN2/c1-9(2)16-8-11(7-13(16)15)10-4-3-5-12(14)6-10/h3-9H,15H2,1-2H3. The highest BCUT2D eigenvalue weighted by atomic mass is 35.5. The van der Waals surface area contributed by atoms with Crippen LogP contribution in [0.1, 0.15) is 19.9 Å². The largest absolute Gasteiger partial charge is 0.385 e. The van der Waals surface area contributed by atoms with Gasteiger partial charge in [-0.2, -0.15) is 0 Å². The van der Waals surface area contributed by atoms with Gasteiger partial charge in [0.05, 0.1) is 0 Å². The topological polar surface area (TPSA) is 30.9 Å². The Kier molecular flexibility index (Phi) is 2.92. The number of nitrogens with two attached hydrogens (primary N) is 1. The molecule has 0 aliphatic rings. The number of aromatic nitrogens is 1. The molecule has 0 spiro atoms. The third-order valence-electron chi connectivity index (χ3n) is 2.59. The van der Waals surface area contributed by atoms with Gasteiger partial charge in [-0.25, -0.2) is 0 Å². The Balaban J connectivity index is 2.45. The average molecular weight is 235 g/mol. The highest BCUT2D eigenvalue weighted by Gasteiger charge is 2.07. The maximum absolute atomic E-state index is 5.97. The van der Waals surface area contributed by atoms with Crippen LogP contribution in [-0.4, -0.2) is 4.57 Å². The van der Waals surface area contributed by atoms with E-state index < -0.39 is 0 Å². The summed E-state index contributed by atoms with van der Waals surface area (Å²) in [5, 5.41) is 0.744. The minimum absolute atomic E-state index is 0.368. The highest BCUT2D eigenvalue weighted by molar-refractivity contribution is 6.30. The van der Waals surface area contributed by atoms with Crippen LogP contribution in [0, 0.1) is 0 Å². The van der Waals surface area contributed by atoms with Crippen molar-refractivity contribution in [3.63, 3.8) is 0 Å². The van der Waals surface area contributed by atoms with Gasteiger partial charge in [0.1, 0.15) is 5.82 Å². The van der Waals surface area contributed by atoms with Crippen LogP contribution in [0.3, 0.4) is 0 Å². The van der Waals surface area contributed by atoms with Crippen molar-refractivity contribution in [3.8, 4) is 11.1 Å². The summed E-state index contributed by atoms with van der Waals surface area (Å²) in [5.41, 5.74) is 8.15. The van der Waals surface area contributed by atoms with Crippen molar-refractivity contribution >= 4 is 17.4 Å². The van der Waals surface area contributed by atoms with Gasteiger partial charge in [-0.1, -0.05) is 23.7 Å². The normalized spacial score (nSPS) is 11.0. The van der Waals surface area contributed by atoms with Crippen molar-refractivity contribution in [2.75, 3.05) is 5.73 Å². The second kappa shape index (κ2) is 4.22. The lowest BCUT2D eigenvalue weighted by Gasteiger charge is -2.08. The first-order valence-corrected chi connectivity index (χ1v) is 5.69. The molecule has 0 saturated heterocycles. The van der Waals surface area contributed by atoms with Gasteiger partial charge in [0.2, 0.25) is 0 Å². The molecule has 0 amide bonds. The van der Waals surface area contributed by atoms with E-state index in [0.717, 1.165) is 22.0 Å². The molecule has 84 valence electrons. The third-order valence-corrected chi connectivity index (χ3v) is 2.83. The lowest BCUT2D eigenvalue weighted by atomic mass is 10.1. The second-order valence-electron chi connectivity index (χ2n) is 4.17. The first-order chi connectivity index (χ1) is 7.58. The van der Waals surface area contributed by atoms with E-state index in [9.17, 15) is 0 Å². The fraction of sp³-hybridized carbons (Fsp3) is 0.231. The van der Waals surface area contributed by atoms with Crippen LogP contribution >= 0.6 is 11.6 Å². The Labute approximate surface area is 101 Å². The van der Waals surface area contributed by atoms with Gasteiger partial charge in [-0.3, -0.25) is 0 Å². The summed E-state index contributed by atoms with van der Waals surface area (Å²) in [7, 11) is 0. The second-order valence-corrected chi connectivity index (χ2v) is 4.60. The zero-order chi connectivity index (χ0) is 11.7. The Morgan fingerprint density at radius 2 is 1.94 bits per heavy atom. The number of halogens is 1. The Bertz CT molecular complexity index is 500. The molecule has 1 aromatic carbocycles. The molecule has 0 aliphatic carbocycles. The van der Waals surface area contributed by atoms with Crippen molar-refractivity contribution in [2.24, 2.45) is 0 Å². The van der Waals surface area contributed by atoms with Crippen LogP contribution in [0.5, 0.6) is 0 Å². The van der Waals surface area contributed by atoms with Crippen molar-refractivity contribution in [2.45, 2.75) is 19.9 Å². The van der Waals surface area contributed by atoms with E-state index in [1.165, 1.54) is 0 Å². The Morgan fingerprint density at radius 3 is 2.50 bits per heavy atom. The summed E-state index contributed by atoms with van der Waals surface area (Å²) in [6.07, 6.45) is 2.06. The molecule has 0 bridgehead atoms. The lowest BCUT2D eigenvalue weighted by molar-refractivity contribution is 0.612. The fourth-order valence-corrected chi connectivity index (χ4v) is 1.96. The van der Waals surface area contributed by atoms with E-state index in [2.05, 4.69) is 24.6 Å². The van der Waals surface area contributed by atoms with E-state index in [1.807, 2.05) is 30.3 Å². The van der Waals surface area contributed by atoms with E-state index in [0.29, 0.717) is 6.04 Å². The van der Waals surface area contributed by atoms with Gasteiger partial charge in [-0.15, -0.1) is 0 Å². The average Bonchev–Trinajstić information content (AvgIpc) is 2.60. The first kappa shape index (κ1) is 11.1. The molecule has 0 unspecified atom stereocenters. The summed E-state index contributed by atoms with van der Waals surface area (Å²) >= 11 is 5.97. The van der Waals surface area contributed by atoms with E-state index in [4.69, 9.17) is 17.3 Å². The number of benzene rings is 1.